The molecule has 4 nitrogen and oxygen atoms in total. The molecule has 1 aliphatic heterocycles. The molecule has 2 atom stereocenters. The third kappa shape index (κ3) is 5.39. The molecule has 2 aromatic rings. The zero-order valence-corrected chi connectivity index (χ0v) is 16.3. The van der Waals surface area contributed by atoms with Gasteiger partial charge in [0.1, 0.15) is 11.8 Å². The van der Waals surface area contributed by atoms with Crippen LogP contribution in [-0.2, 0) is 0 Å². The summed E-state index contributed by atoms with van der Waals surface area (Å²) in [6.07, 6.45) is 10.4. The second kappa shape index (κ2) is 10.2. The first-order valence-electron chi connectivity index (χ1n) is 10.3. The van der Waals surface area contributed by atoms with Crippen molar-refractivity contribution < 1.29 is 14.4 Å². The topological polar surface area (TPSA) is 43.6 Å². The molecule has 1 saturated heterocycles. The van der Waals surface area contributed by atoms with Crippen LogP contribution >= 0.6 is 0 Å². The summed E-state index contributed by atoms with van der Waals surface area (Å²) < 4.78 is 5.92. The molecule has 3 rings (SSSR count). The molecule has 0 saturated carbocycles. The third-order valence-corrected chi connectivity index (χ3v) is 5.48. The van der Waals surface area contributed by atoms with E-state index in [2.05, 4.69) is 11.1 Å². The molecule has 0 aliphatic carbocycles. The minimum absolute atomic E-state index is 0.141. The van der Waals surface area contributed by atoms with Gasteiger partial charge in [0.15, 0.2) is 5.78 Å². The number of hydrogen-bond donors (Lipinski definition) is 1. The summed E-state index contributed by atoms with van der Waals surface area (Å²) in [7, 11) is 0. The maximum absolute atomic E-state index is 12.0. The Balaban J connectivity index is 1.47. The normalized spacial score (nSPS) is 19.6. The first-order valence-corrected chi connectivity index (χ1v) is 10.3. The van der Waals surface area contributed by atoms with Crippen molar-refractivity contribution in [2.75, 3.05) is 19.7 Å². The van der Waals surface area contributed by atoms with Crippen LogP contribution in [-0.4, -0.2) is 30.5 Å². The van der Waals surface area contributed by atoms with Crippen LogP contribution in [0.25, 0.3) is 0 Å². The number of carbonyl (C=O) groups excluding carboxylic acids is 1. The van der Waals surface area contributed by atoms with Crippen molar-refractivity contribution >= 4 is 5.78 Å². The molecule has 0 amide bonds. The number of unbranched alkanes of at least 4 members (excludes halogenated alkanes) is 1. The van der Waals surface area contributed by atoms with E-state index in [9.17, 15) is 4.79 Å². The van der Waals surface area contributed by atoms with Gasteiger partial charge >= 0.3 is 0 Å². The van der Waals surface area contributed by atoms with E-state index < -0.39 is 0 Å². The van der Waals surface area contributed by atoms with Gasteiger partial charge in [0.25, 0.3) is 0 Å². The second-order valence-corrected chi connectivity index (χ2v) is 7.32. The van der Waals surface area contributed by atoms with Gasteiger partial charge in [0.2, 0.25) is 0 Å². The van der Waals surface area contributed by atoms with E-state index in [1.807, 2.05) is 49.6 Å². The van der Waals surface area contributed by atoms with Crippen molar-refractivity contribution in [3.8, 4) is 5.75 Å². The summed E-state index contributed by atoms with van der Waals surface area (Å²) in [5.74, 6) is 0.866. The number of piperidine rings is 1. The summed E-state index contributed by atoms with van der Waals surface area (Å²) in [6.45, 7) is 4.96. The summed E-state index contributed by atoms with van der Waals surface area (Å²) in [5.41, 5.74) is 2.08. The number of nitrogens with one attached hydrogen (secondary N) is 1. The molecule has 4 heteroatoms. The molecular formula is C23H31N2O2+. The largest absolute Gasteiger partial charge is 0.493 e. The Bertz CT molecular complexity index is 717. The van der Waals surface area contributed by atoms with Gasteiger partial charge in [0.05, 0.1) is 25.3 Å². The number of ether oxygens (including phenoxy) is 1. The van der Waals surface area contributed by atoms with E-state index in [4.69, 9.17) is 4.74 Å². The van der Waals surface area contributed by atoms with Crippen LogP contribution in [0.15, 0.2) is 48.8 Å². The minimum atomic E-state index is 0.141. The Morgan fingerprint density at radius 1 is 1.19 bits per heavy atom. The Kier molecular flexibility index (Phi) is 7.40. The van der Waals surface area contributed by atoms with Crippen LogP contribution in [0, 0.1) is 0 Å². The lowest BCUT2D eigenvalue weighted by Gasteiger charge is -2.32. The molecule has 2 heterocycles. The van der Waals surface area contributed by atoms with Crippen molar-refractivity contribution in [3.63, 3.8) is 0 Å². The van der Waals surface area contributed by atoms with Gasteiger partial charge in [0, 0.05) is 30.8 Å². The van der Waals surface area contributed by atoms with E-state index in [-0.39, 0.29) is 5.78 Å². The van der Waals surface area contributed by atoms with Gasteiger partial charge in [-0.15, -0.1) is 0 Å². The maximum Gasteiger partial charge on any atom is 0.166 e. The molecule has 144 valence electrons. The van der Waals surface area contributed by atoms with Gasteiger partial charge < -0.3 is 9.64 Å². The van der Waals surface area contributed by atoms with Crippen LogP contribution in [0.2, 0.25) is 0 Å². The standard InChI is InChI=1S/C23H30N2O2/c1-2-22(26)20-11-3-4-13-23(20)27-17-8-7-16-25-15-6-5-12-21(25)19-10-9-14-24-18-19/h3-4,9-11,13-14,18,21H,2,5-8,12,15-17H2,1H3/p+1/t21-/m0/s1. The molecule has 27 heavy (non-hydrogen) atoms. The van der Waals surface area contributed by atoms with E-state index in [0.717, 1.165) is 18.6 Å². The summed E-state index contributed by atoms with van der Waals surface area (Å²) in [5, 5.41) is 0. The van der Waals surface area contributed by atoms with Gasteiger partial charge in [-0.2, -0.15) is 0 Å². The molecule has 1 aliphatic rings. The number of pyridine rings is 1. The van der Waals surface area contributed by atoms with Gasteiger partial charge in [-0.25, -0.2) is 0 Å². The van der Waals surface area contributed by atoms with Crippen LogP contribution in [0.5, 0.6) is 5.75 Å². The number of para-hydroxylation sites is 1. The average molecular weight is 368 g/mol. The van der Waals surface area contributed by atoms with Gasteiger partial charge in [-0.1, -0.05) is 25.1 Å². The lowest BCUT2D eigenvalue weighted by Crippen LogP contribution is -3.13. The van der Waals surface area contributed by atoms with Gasteiger partial charge in [-0.05, 0) is 43.9 Å². The van der Waals surface area contributed by atoms with Crippen molar-refractivity contribution in [2.45, 2.75) is 51.5 Å². The molecule has 1 fully saturated rings. The summed E-state index contributed by atoms with van der Waals surface area (Å²) in [6, 6.07) is 12.4. The van der Waals surface area contributed by atoms with E-state index >= 15 is 0 Å². The van der Waals surface area contributed by atoms with Crippen LogP contribution < -0.4 is 9.64 Å². The first-order chi connectivity index (χ1) is 13.3. The van der Waals surface area contributed by atoms with Crippen molar-refractivity contribution in [1.82, 2.24) is 4.98 Å². The highest BCUT2D eigenvalue weighted by Gasteiger charge is 2.27. The van der Waals surface area contributed by atoms with E-state index in [0.29, 0.717) is 24.6 Å². The number of benzene rings is 1. The van der Waals surface area contributed by atoms with Gasteiger partial charge in [-0.3, -0.25) is 9.78 Å². The number of Topliss-reactive ketones (excluding diaryl/α,β-unsaturated/α-hetero) is 1. The molecule has 0 spiro atoms. The molecule has 1 aromatic heterocycles. The number of carbonyl (C=O) groups is 1. The zero-order valence-electron chi connectivity index (χ0n) is 16.3. The zero-order chi connectivity index (χ0) is 18.9. The number of hydrogen-bond acceptors (Lipinski definition) is 3. The highest BCUT2D eigenvalue weighted by atomic mass is 16.5. The Labute approximate surface area is 162 Å². The number of nitrogens with zero attached hydrogens (tertiary/aromatic N) is 1. The Morgan fingerprint density at radius 3 is 2.89 bits per heavy atom. The Morgan fingerprint density at radius 2 is 2.07 bits per heavy atom. The van der Waals surface area contributed by atoms with Crippen LogP contribution in [0.3, 0.4) is 0 Å². The molecule has 0 radical (unpaired) electrons. The van der Waals surface area contributed by atoms with Crippen molar-refractivity contribution in [1.29, 1.82) is 0 Å². The highest BCUT2D eigenvalue weighted by Crippen LogP contribution is 2.20. The minimum Gasteiger partial charge on any atom is -0.493 e. The SMILES string of the molecule is CCC(=O)c1ccccc1OCCCC[NH+]1CCCC[C@H]1c1cccnc1. The van der Waals surface area contributed by atoms with E-state index in [1.54, 1.807) is 4.90 Å². The quantitative estimate of drug-likeness (QED) is 0.543. The van der Waals surface area contributed by atoms with Crippen molar-refractivity contribution in [2.24, 2.45) is 0 Å². The first kappa shape index (κ1) is 19.6. The van der Waals surface area contributed by atoms with Crippen molar-refractivity contribution in [3.05, 3.63) is 59.9 Å². The molecule has 1 aromatic carbocycles. The monoisotopic (exact) mass is 367 g/mol. The second-order valence-electron chi connectivity index (χ2n) is 7.32. The number of ketones is 1. The van der Waals surface area contributed by atoms with Crippen LogP contribution in [0.4, 0.5) is 0 Å². The molecule has 1 N–H and O–H groups in total. The van der Waals surface area contributed by atoms with E-state index in [1.165, 1.54) is 37.9 Å². The highest BCUT2D eigenvalue weighted by molar-refractivity contribution is 5.98. The van der Waals surface area contributed by atoms with Crippen LogP contribution in [0.1, 0.15) is 67.4 Å². The smallest absolute Gasteiger partial charge is 0.166 e. The average Bonchev–Trinajstić information content (AvgIpc) is 2.74. The number of quaternary nitrogens is 1. The predicted octanol–water partition coefficient (Wildman–Crippen LogP) is 3.64. The fourth-order valence-electron chi connectivity index (χ4n) is 4.01. The molecular weight excluding hydrogens is 336 g/mol. The summed E-state index contributed by atoms with van der Waals surface area (Å²) in [4.78, 5) is 18.0. The number of likely N-dealkylation sites (tertiary alicyclic amines) is 1. The third-order valence-electron chi connectivity index (χ3n) is 5.48. The predicted molar refractivity (Wildman–Crippen MR) is 107 cm³/mol. The maximum atomic E-state index is 12.0. The fourth-order valence-corrected chi connectivity index (χ4v) is 4.01. The number of rotatable bonds is 9. The molecule has 0 bridgehead atoms. The lowest BCUT2D eigenvalue weighted by molar-refractivity contribution is -0.937. The fraction of sp³-hybridized carbons (Fsp3) is 0.478. The number of aromatic nitrogens is 1. The summed E-state index contributed by atoms with van der Waals surface area (Å²) >= 11 is 0. The Hall–Kier alpha value is -2.20. The lowest BCUT2D eigenvalue weighted by atomic mass is 9.96. The molecule has 1 unspecified atom stereocenters.